The summed E-state index contributed by atoms with van der Waals surface area (Å²) in [5.41, 5.74) is 4.83. The van der Waals surface area contributed by atoms with E-state index in [2.05, 4.69) is 0 Å². The van der Waals surface area contributed by atoms with Crippen molar-refractivity contribution in [3.05, 3.63) is 60.2 Å². The number of carbonyl (C=O) groups excluding carboxylic acids is 2. The largest absolute Gasteiger partial charge is 0.493 e. The minimum Gasteiger partial charge on any atom is -0.493 e. The van der Waals surface area contributed by atoms with Gasteiger partial charge in [-0.25, -0.2) is 8.78 Å². The first kappa shape index (κ1) is 21.5. The average Bonchev–Trinajstić information content (AvgIpc) is 2.72. The Hall–Kier alpha value is -3.16. The zero-order valence-electron chi connectivity index (χ0n) is 16.5. The predicted octanol–water partition coefficient (Wildman–Crippen LogP) is 2.91. The molecule has 8 heteroatoms. The van der Waals surface area contributed by atoms with Gasteiger partial charge in [-0.15, -0.1) is 0 Å². The SMILES string of the molecule is NC(=O)C[C@@]1(COc2ccc(F)cc2)CCCN(C(=O)COc2ccc(F)cc2)C1. The number of piperidine rings is 1. The molecule has 1 saturated heterocycles. The van der Waals surface area contributed by atoms with Crippen molar-refractivity contribution in [2.24, 2.45) is 11.1 Å². The normalized spacial score (nSPS) is 18.7. The van der Waals surface area contributed by atoms with E-state index in [1.807, 2.05) is 0 Å². The van der Waals surface area contributed by atoms with E-state index in [-0.39, 0.29) is 37.2 Å². The van der Waals surface area contributed by atoms with Crippen LogP contribution in [0, 0.1) is 17.0 Å². The van der Waals surface area contributed by atoms with Gasteiger partial charge in [0.25, 0.3) is 5.91 Å². The van der Waals surface area contributed by atoms with Crippen molar-refractivity contribution in [1.82, 2.24) is 4.90 Å². The predicted molar refractivity (Wildman–Crippen MR) is 106 cm³/mol. The molecule has 0 saturated carbocycles. The monoisotopic (exact) mass is 418 g/mol. The Morgan fingerprint density at radius 1 is 0.967 bits per heavy atom. The van der Waals surface area contributed by atoms with Crippen LogP contribution in [0.15, 0.2) is 48.5 Å². The molecule has 0 bridgehead atoms. The molecule has 1 aliphatic rings. The molecule has 30 heavy (non-hydrogen) atoms. The second-order valence-corrected chi connectivity index (χ2v) is 7.55. The Bertz CT molecular complexity index is 874. The molecule has 1 atom stereocenters. The Morgan fingerprint density at radius 2 is 1.53 bits per heavy atom. The Morgan fingerprint density at radius 3 is 2.10 bits per heavy atom. The molecule has 2 aromatic carbocycles. The lowest BCUT2D eigenvalue weighted by Crippen LogP contribution is -2.51. The summed E-state index contributed by atoms with van der Waals surface area (Å²) in [4.78, 5) is 26.0. The molecule has 0 radical (unpaired) electrons. The molecule has 2 aromatic rings. The zero-order valence-corrected chi connectivity index (χ0v) is 16.5. The molecule has 0 aliphatic carbocycles. The second kappa shape index (κ2) is 9.56. The van der Waals surface area contributed by atoms with Gasteiger partial charge in [-0.2, -0.15) is 0 Å². The third-order valence-corrected chi connectivity index (χ3v) is 5.10. The third-order valence-electron chi connectivity index (χ3n) is 5.10. The molecular weight excluding hydrogens is 394 g/mol. The molecule has 3 rings (SSSR count). The number of benzene rings is 2. The lowest BCUT2D eigenvalue weighted by atomic mass is 9.77. The van der Waals surface area contributed by atoms with Crippen LogP contribution >= 0.6 is 0 Å². The van der Waals surface area contributed by atoms with E-state index in [0.717, 1.165) is 0 Å². The summed E-state index contributed by atoms with van der Waals surface area (Å²) in [7, 11) is 0. The fourth-order valence-electron chi connectivity index (χ4n) is 3.64. The Balaban J connectivity index is 1.63. The van der Waals surface area contributed by atoms with Crippen molar-refractivity contribution in [3.63, 3.8) is 0 Å². The van der Waals surface area contributed by atoms with Crippen molar-refractivity contribution in [2.75, 3.05) is 26.3 Å². The van der Waals surface area contributed by atoms with Crippen molar-refractivity contribution in [3.8, 4) is 11.5 Å². The van der Waals surface area contributed by atoms with Gasteiger partial charge in [0.05, 0.1) is 6.61 Å². The van der Waals surface area contributed by atoms with E-state index in [9.17, 15) is 18.4 Å². The average molecular weight is 418 g/mol. The van der Waals surface area contributed by atoms with Crippen LogP contribution in [0.5, 0.6) is 11.5 Å². The van der Waals surface area contributed by atoms with Crippen LogP contribution < -0.4 is 15.2 Å². The van der Waals surface area contributed by atoms with E-state index in [1.54, 1.807) is 4.90 Å². The molecule has 0 aromatic heterocycles. The van der Waals surface area contributed by atoms with Gasteiger partial charge >= 0.3 is 0 Å². The molecule has 1 aliphatic heterocycles. The number of ether oxygens (including phenoxy) is 2. The number of hydrogen-bond donors (Lipinski definition) is 1. The Labute approximate surface area is 173 Å². The lowest BCUT2D eigenvalue weighted by Gasteiger charge is -2.42. The topological polar surface area (TPSA) is 81.9 Å². The highest BCUT2D eigenvalue weighted by Crippen LogP contribution is 2.34. The van der Waals surface area contributed by atoms with E-state index < -0.39 is 11.3 Å². The van der Waals surface area contributed by atoms with Crippen molar-refractivity contribution in [2.45, 2.75) is 19.3 Å². The van der Waals surface area contributed by atoms with Crippen LogP contribution in [0.25, 0.3) is 0 Å². The molecule has 2 amide bonds. The molecule has 0 unspecified atom stereocenters. The number of hydrogen-bond acceptors (Lipinski definition) is 4. The van der Waals surface area contributed by atoms with Crippen LogP contribution in [0.1, 0.15) is 19.3 Å². The van der Waals surface area contributed by atoms with Gasteiger partial charge in [0.1, 0.15) is 23.1 Å². The summed E-state index contributed by atoms with van der Waals surface area (Å²) in [6.07, 6.45) is 1.42. The fraction of sp³-hybridized carbons (Fsp3) is 0.364. The van der Waals surface area contributed by atoms with Crippen LogP contribution in [-0.4, -0.2) is 43.0 Å². The number of amides is 2. The molecular formula is C22H24F2N2O4. The minimum atomic E-state index is -0.635. The van der Waals surface area contributed by atoms with Gasteiger partial charge in [-0.1, -0.05) is 0 Å². The zero-order chi connectivity index (χ0) is 21.6. The summed E-state index contributed by atoms with van der Waals surface area (Å²) >= 11 is 0. The van der Waals surface area contributed by atoms with Crippen LogP contribution in [0.2, 0.25) is 0 Å². The maximum atomic E-state index is 13.1. The summed E-state index contributed by atoms with van der Waals surface area (Å²) in [5, 5.41) is 0. The number of rotatable bonds is 8. The standard InChI is InChI=1S/C22H24F2N2O4/c23-16-2-6-18(7-3-16)29-13-21(28)26-11-1-10-22(14-26,12-20(25)27)15-30-19-8-4-17(24)5-9-19/h2-9H,1,10-15H2,(H2,25,27)/t22-/m0/s1. The number of nitrogens with two attached hydrogens (primary N) is 1. The van der Waals surface area contributed by atoms with E-state index >= 15 is 0 Å². The molecule has 1 fully saturated rings. The maximum Gasteiger partial charge on any atom is 0.260 e. The van der Waals surface area contributed by atoms with Gasteiger partial charge in [0.2, 0.25) is 5.91 Å². The van der Waals surface area contributed by atoms with Gasteiger partial charge in [0, 0.05) is 24.9 Å². The molecule has 160 valence electrons. The van der Waals surface area contributed by atoms with Gasteiger partial charge in [-0.3, -0.25) is 9.59 Å². The van der Waals surface area contributed by atoms with Crippen LogP contribution in [0.3, 0.4) is 0 Å². The van der Waals surface area contributed by atoms with Crippen molar-refractivity contribution in [1.29, 1.82) is 0 Å². The fourth-order valence-corrected chi connectivity index (χ4v) is 3.64. The van der Waals surface area contributed by atoms with Gasteiger partial charge in [0.15, 0.2) is 6.61 Å². The quantitative estimate of drug-likeness (QED) is 0.715. The van der Waals surface area contributed by atoms with Crippen LogP contribution in [0.4, 0.5) is 8.78 Å². The first-order valence-corrected chi connectivity index (χ1v) is 9.68. The van der Waals surface area contributed by atoms with E-state index in [4.69, 9.17) is 15.2 Å². The van der Waals surface area contributed by atoms with E-state index in [0.29, 0.717) is 37.4 Å². The summed E-state index contributed by atoms with van der Waals surface area (Å²) < 4.78 is 37.3. The summed E-state index contributed by atoms with van der Waals surface area (Å²) in [6.45, 7) is 0.798. The van der Waals surface area contributed by atoms with Crippen molar-refractivity contribution >= 4 is 11.8 Å². The summed E-state index contributed by atoms with van der Waals surface area (Å²) in [5.74, 6) is -0.607. The minimum absolute atomic E-state index is 0.0663. The van der Waals surface area contributed by atoms with Gasteiger partial charge in [-0.05, 0) is 61.4 Å². The second-order valence-electron chi connectivity index (χ2n) is 7.55. The smallest absolute Gasteiger partial charge is 0.260 e. The lowest BCUT2D eigenvalue weighted by molar-refractivity contribution is -0.139. The molecule has 2 N–H and O–H groups in total. The highest BCUT2D eigenvalue weighted by Gasteiger charge is 2.39. The highest BCUT2D eigenvalue weighted by molar-refractivity contribution is 5.78. The van der Waals surface area contributed by atoms with E-state index in [1.165, 1.54) is 48.5 Å². The molecule has 6 nitrogen and oxygen atoms in total. The van der Waals surface area contributed by atoms with Crippen molar-refractivity contribution < 1.29 is 27.8 Å². The highest BCUT2D eigenvalue weighted by atomic mass is 19.1. The Kier molecular flexibility index (Phi) is 6.87. The molecule has 1 heterocycles. The number of likely N-dealkylation sites (tertiary alicyclic amines) is 1. The first-order valence-electron chi connectivity index (χ1n) is 9.68. The number of primary amides is 1. The summed E-state index contributed by atoms with van der Waals surface area (Å²) in [6, 6.07) is 11.0. The number of halogens is 2. The number of carbonyl (C=O) groups is 2. The number of nitrogens with zero attached hydrogens (tertiary/aromatic N) is 1. The van der Waals surface area contributed by atoms with Gasteiger partial charge < -0.3 is 20.1 Å². The maximum absolute atomic E-state index is 13.1. The third kappa shape index (κ3) is 5.92. The van der Waals surface area contributed by atoms with Crippen LogP contribution in [-0.2, 0) is 9.59 Å². The first-order chi connectivity index (χ1) is 14.3. The molecule has 0 spiro atoms.